The van der Waals surface area contributed by atoms with Crippen LogP contribution < -0.4 is 10.6 Å². The lowest BCUT2D eigenvalue weighted by Gasteiger charge is -2.07. The molecule has 3 N–H and O–H groups in total. The average Bonchev–Trinajstić information content (AvgIpc) is 2.82. The highest BCUT2D eigenvalue weighted by atomic mass is 19.1. The van der Waals surface area contributed by atoms with Gasteiger partial charge in [0.1, 0.15) is 17.3 Å². The number of carbonyl (C=O) groups excluding carboxylic acids is 1. The quantitative estimate of drug-likeness (QED) is 0.808. The number of aromatic carboxylic acids is 1. The fourth-order valence-electron chi connectivity index (χ4n) is 1.69. The summed E-state index contributed by atoms with van der Waals surface area (Å²) in [5.74, 6) is -0.952. The molecule has 0 aliphatic carbocycles. The molecule has 1 heterocycles. The van der Waals surface area contributed by atoms with Crippen molar-refractivity contribution < 1.29 is 23.5 Å². The van der Waals surface area contributed by atoms with Crippen molar-refractivity contribution in [3.05, 3.63) is 53.2 Å². The molecule has 6 nitrogen and oxygen atoms in total. The Morgan fingerprint density at radius 2 is 2.05 bits per heavy atom. The number of aryl methyl sites for hydroxylation is 1. The van der Waals surface area contributed by atoms with Crippen LogP contribution in [0.3, 0.4) is 0 Å². The lowest BCUT2D eigenvalue weighted by Crippen LogP contribution is -2.28. The van der Waals surface area contributed by atoms with Gasteiger partial charge in [-0.2, -0.15) is 0 Å². The molecule has 2 rings (SSSR count). The minimum atomic E-state index is -1.36. The van der Waals surface area contributed by atoms with Crippen LogP contribution in [0.1, 0.15) is 21.9 Å². The number of carboxylic acid groups (broad SMARTS) is 1. The van der Waals surface area contributed by atoms with Crippen molar-refractivity contribution in [3.63, 3.8) is 0 Å². The van der Waals surface area contributed by atoms with Gasteiger partial charge >= 0.3 is 12.0 Å². The molecule has 21 heavy (non-hydrogen) atoms. The van der Waals surface area contributed by atoms with E-state index in [2.05, 4.69) is 10.6 Å². The van der Waals surface area contributed by atoms with Crippen LogP contribution in [0.15, 0.2) is 34.7 Å². The number of hydrogen-bond donors (Lipinski definition) is 3. The maximum Gasteiger partial charge on any atom is 0.338 e. The van der Waals surface area contributed by atoms with Crippen LogP contribution in [0.25, 0.3) is 0 Å². The van der Waals surface area contributed by atoms with Gasteiger partial charge in [0.15, 0.2) is 0 Å². The predicted octanol–water partition coefficient (Wildman–Crippen LogP) is 2.75. The van der Waals surface area contributed by atoms with Gasteiger partial charge in [0.2, 0.25) is 0 Å². The van der Waals surface area contributed by atoms with Crippen molar-refractivity contribution >= 4 is 17.7 Å². The number of urea groups is 1. The molecule has 0 saturated heterocycles. The van der Waals surface area contributed by atoms with Crippen molar-refractivity contribution in [1.29, 1.82) is 0 Å². The smallest absolute Gasteiger partial charge is 0.338 e. The highest BCUT2D eigenvalue weighted by Gasteiger charge is 2.11. The third kappa shape index (κ3) is 3.82. The van der Waals surface area contributed by atoms with Gasteiger partial charge in [-0.05, 0) is 37.3 Å². The maximum absolute atomic E-state index is 13.4. The normalized spacial score (nSPS) is 10.2. The highest BCUT2D eigenvalue weighted by molar-refractivity contribution is 5.91. The fraction of sp³-hybridized carbons (Fsp3) is 0.143. The molecule has 0 bridgehead atoms. The van der Waals surface area contributed by atoms with Crippen LogP contribution in [0.2, 0.25) is 0 Å². The van der Waals surface area contributed by atoms with Crippen LogP contribution in [0, 0.1) is 12.7 Å². The zero-order chi connectivity index (χ0) is 15.4. The Morgan fingerprint density at radius 3 is 2.62 bits per heavy atom. The first-order chi connectivity index (χ1) is 9.95. The van der Waals surface area contributed by atoms with Gasteiger partial charge in [-0.1, -0.05) is 0 Å². The summed E-state index contributed by atoms with van der Waals surface area (Å²) < 4.78 is 18.7. The molecule has 0 saturated carbocycles. The zero-order valence-corrected chi connectivity index (χ0v) is 11.1. The molecule has 0 fully saturated rings. The molecule has 2 aromatic rings. The first-order valence-electron chi connectivity index (χ1n) is 6.08. The first kappa shape index (κ1) is 14.6. The second-order valence-electron chi connectivity index (χ2n) is 4.32. The largest absolute Gasteiger partial charge is 0.478 e. The van der Waals surface area contributed by atoms with E-state index in [1.807, 2.05) is 0 Å². The summed E-state index contributed by atoms with van der Waals surface area (Å²) >= 11 is 0. The molecule has 0 radical (unpaired) electrons. The van der Waals surface area contributed by atoms with E-state index in [1.165, 1.54) is 6.07 Å². The number of furan rings is 1. The van der Waals surface area contributed by atoms with Crippen LogP contribution in [0.5, 0.6) is 0 Å². The monoisotopic (exact) mass is 292 g/mol. The summed E-state index contributed by atoms with van der Waals surface area (Å²) in [6.45, 7) is 1.98. The van der Waals surface area contributed by atoms with Crippen LogP contribution >= 0.6 is 0 Å². The van der Waals surface area contributed by atoms with E-state index in [-0.39, 0.29) is 12.2 Å². The van der Waals surface area contributed by atoms with Crippen LogP contribution in [-0.4, -0.2) is 17.1 Å². The second-order valence-corrected chi connectivity index (χ2v) is 4.32. The summed E-state index contributed by atoms with van der Waals surface area (Å²) in [5.41, 5.74) is -0.294. The topological polar surface area (TPSA) is 91.6 Å². The molecular formula is C14H13FN2O4. The van der Waals surface area contributed by atoms with Crippen molar-refractivity contribution in [2.45, 2.75) is 13.5 Å². The third-order valence-corrected chi connectivity index (χ3v) is 2.68. The molecule has 0 unspecified atom stereocenters. The fourth-order valence-corrected chi connectivity index (χ4v) is 1.69. The summed E-state index contributed by atoms with van der Waals surface area (Å²) in [6, 6.07) is 6.30. The van der Waals surface area contributed by atoms with Gasteiger partial charge in [0.05, 0.1) is 12.1 Å². The Morgan fingerprint density at radius 1 is 1.29 bits per heavy atom. The molecule has 110 valence electrons. The van der Waals surface area contributed by atoms with Crippen LogP contribution in [-0.2, 0) is 6.54 Å². The molecular weight excluding hydrogens is 279 g/mol. The van der Waals surface area contributed by atoms with Gasteiger partial charge in [0, 0.05) is 5.69 Å². The Labute approximate surface area is 119 Å². The van der Waals surface area contributed by atoms with Gasteiger partial charge < -0.3 is 20.2 Å². The summed E-state index contributed by atoms with van der Waals surface area (Å²) in [4.78, 5) is 22.3. The lowest BCUT2D eigenvalue weighted by atomic mass is 10.2. The van der Waals surface area contributed by atoms with Gasteiger partial charge in [-0.15, -0.1) is 0 Å². The molecule has 1 aromatic heterocycles. The number of amides is 2. The number of anilines is 1. The number of rotatable bonds is 4. The summed E-state index contributed by atoms with van der Waals surface area (Å²) in [5, 5.41) is 13.6. The SMILES string of the molecule is Cc1ccc(CNC(=O)Nc2ccc(C(=O)O)c(F)c2)o1. The van der Waals surface area contributed by atoms with Crippen molar-refractivity contribution in [2.75, 3.05) is 5.32 Å². The molecule has 7 heteroatoms. The van der Waals surface area contributed by atoms with Crippen LogP contribution in [0.4, 0.5) is 14.9 Å². The third-order valence-electron chi connectivity index (χ3n) is 2.68. The number of carboxylic acids is 1. The minimum absolute atomic E-state index is 0.158. The first-order valence-corrected chi connectivity index (χ1v) is 6.08. The number of hydrogen-bond acceptors (Lipinski definition) is 3. The van der Waals surface area contributed by atoms with Crippen molar-refractivity contribution in [3.8, 4) is 0 Å². The number of halogens is 1. The number of nitrogens with one attached hydrogen (secondary N) is 2. The molecule has 0 atom stereocenters. The van der Waals surface area contributed by atoms with Gasteiger partial charge in [0.25, 0.3) is 0 Å². The van der Waals surface area contributed by atoms with Crippen molar-refractivity contribution in [1.82, 2.24) is 5.32 Å². The zero-order valence-electron chi connectivity index (χ0n) is 11.1. The van der Waals surface area contributed by atoms with E-state index < -0.39 is 23.4 Å². The predicted molar refractivity (Wildman–Crippen MR) is 72.7 cm³/mol. The Kier molecular flexibility index (Phi) is 4.22. The Bertz CT molecular complexity index is 681. The van der Waals surface area contributed by atoms with E-state index in [0.29, 0.717) is 5.76 Å². The second kappa shape index (κ2) is 6.08. The molecule has 0 aliphatic rings. The van der Waals surface area contributed by atoms with Gasteiger partial charge in [-0.3, -0.25) is 0 Å². The average molecular weight is 292 g/mol. The standard InChI is InChI=1S/C14H13FN2O4/c1-8-2-4-10(21-8)7-16-14(20)17-9-3-5-11(13(18)19)12(15)6-9/h2-6H,7H2,1H3,(H,18,19)(H2,16,17,20). The number of benzene rings is 1. The number of carbonyl (C=O) groups is 2. The minimum Gasteiger partial charge on any atom is -0.478 e. The van der Waals surface area contributed by atoms with E-state index in [4.69, 9.17) is 9.52 Å². The Balaban J connectivity index is 1.93. The summed E-state index contributed by atoms with van der Waals surface area (Å²) in [7, 11) is 0. The maximum atomic E-state index is 13.4. The Hall–Kier alpha value is -2.83. The molecule has 1 aromatic carbocycles. The lowest BCUT2D eigenvalue weighted by molar-refractivity contribution is 0.0692. The highest BCUT2D eigenvalue weighted by Crippen LogP contribution is 2.14. The molecule has 0 aliphatic heterocycles. The van der Waals surface area contributed by atoms with Gasteiger partial charge in [-0.25, -0.2) is 14.0 Å². The van der Waals surface area contributed by atoms with E-state index in [0.717, 1.165) is 17.9 Å². The summed E-state index contributed by atoms with van der Waals surface area (Å²) in [6.07, 6.45) is 0. The van der Waals surface area contributed by atoms with E-state index in [9.17, 15) is 14.0 Å². The molecule has 0 spiro atoms. The van der Waals surface area contributed by atoms with E-state index in [1.54, 1.807) is 19.1 Å². The van der Waals surface area contributed by atoms with Crippen molar-refractivity contribution in [2.24, 2.45) is 0 Å². The van der Waals surface area contributed by atoms with E-state index >= 15 is 0 Å². The molecule has 2 amide bonds.